The van der Waals surface area contributed by atoms with Crippen LogP contribution in [0.4, 0.5) is 0 Å². The van der Waals surface area contributed by atoms with Crippen LogP contribution < -0.4 is 10.6 Å². The van der Waals surface area contributed by atoms with E-state index in [1.165, 1.54) is 0 Å². The highest BCUT2D eigenvalue weighted by Gasteiger charge is 2.43. The molecule has 3 heterocycles. The number of aromatic nitrogens is 2. The van der Waals surface area contributed by atoms with Crippen LogP contribution in [-0.2, 0) is 5.54 Å². The van der Waals surface area contributed by atoms with Crippen molar-refractivity contribution in [1.29, 1.82) is 0 Å². The highest BCUT2D eigenvalue weighted by atomic mass is 35.5. The standard InChI is InChI=1S/C20H22N4O2.ClH/c1-14-7-8-17-16(11-22-24(17)13-14)19(26)23-20(9-10-21-12-18(20)25)15-5-3-2-4-6-15;/h2-8,11,13,18,21,25H,9-10,12H2,1H3,(H,23,26);1H/t18-,20-;/m1./s1. The summed E-state index contributed by atoms with van der Waals surface area (Å²) in [5.41, 5.74) is 2.42. The number of amides is 1. The minimum atomic E-state index is -0.817. The summed E-state index contributed by atoms with van der Waals surface area (Å²) in [4.78, 5) is 13.1. The van der Waals surface area contributed by atoms with Gasteiger partial charge in [0.05, 0.1) is 28.9 Å². The van der Waals surface area contributed by atoms with Crippen molar-refractivity contribution in [3.05, 3.63) is 71.5 Å². The molecule has 1 aliphatic rings. The van der Waals surface area contributed by atoms with E-state index in [0.29, 0.717) is 18.5 Å². The fraction of sp³-hybridized carbons (Fsp3) is 0.300. The van der Waals surface area contributed by atoms with Gasteiger partial charge in [0.1, 0.15) is 0 Å². The average Bonchev–Trinajstić information content (AvgIpc) is 3.07. The van der Waals surface area contributed by atoms with E-state index in [4.69, 9.17) is 0 Å². The van der Waals surface area contributed by atoms with Crippen molar-refractivity contribution < 1.29 is 9.90 Å². The number of pyridine rings is 1. The summed E-state index contributed by atoms with van der Waals surface area (Å²) in [5.74, 6) is -0.228. The van der Waals surface area contributed by atoms with E-state index >= 15 is 0 Å². The quantitative estimate of drug-likeness (QED) is 0.643. The van der Waals surface area contributed by atoms with Gasteiger partial charge in [0, 0.05) is 12.7 Å². The SMILES string of the molecule is Cc1ccc2c(C(=O)N[C@@]3(c4ccccc4)CCNC[C@H]3O)cnn2c1.Cl. The Kier molecular flexibility index (Phi) is 5.51. The Labute approximate surface area is 164 Å². The number of carbonyl (C=O) groups is 1. The molecule has 1 aliphatic heterocycles. The van der Waals surface area contributed by atoms with Crippen LogP contribution in [0.25, 0.3) is 5.52 Å². The van der Waals surface area contributed by atoms with Crippen LogP contribution in [0.3, 0.4) is 0 Å². The highest BCUT2D eigenvalue weighted by molar-refractivity contribution is 6.01. The molecule has 3 N–H and O–H groups in total. The van der Waals surface area contributed by atoms with Crippen molar-refractivity contribution >= 4 is 23.8 Å². The zero-order chi connectivity index (χ0) is 18.1. The maximum absolute atomic E-state index is 13.1. The number of aliphatic hydroxyl groups is 1. The highest BCUT2D eigenvalue weighted by Crippen LogP contribution is 2.31. The summed E-state index contributed by atoms with van der Waals surface area (Å²) in [6, 6.07) is 13.5. The van der Waals surface area contributed by atoms with Crippen LogP contribution in [0.2, 0.25) is 0 Å². The summed E-state index contributed by atoms with van der Waals surface area (Å²) >= 11 is 0. The molecule has 1 aromatic carbocycles. The zero-order valence-electron chi connectivity index (χ0n) is 15.1. The molecule has 7 heteroatoms. The number of halogens is 1. The Morgan fingerprint density at radius 2 is 2.07 bits per heavy atom. The fourth-order valence-corrected chi connectivity index (χ4v) is 3.69. The van der Waals surface area contributed by atoms with E-state index in [1.807, 2.05) is 55.6 Å². The third-order valence-electron chi connectivity index (χ3n) is 5.14. The smallest absolute Gasteiger partial charge is 0.255 e. The van der Waals surface area contributed by atoms with Gasteiger partial charge in [0.2, 0.25) is 0 Å². The number of aryl methyl sites for hydroxylation is 1. The Morgan fingerprint density at radius 3 is 2.81 bits per heavy atom. The average molecular weight is 387 g/mol. The van der Waals surface area contributed by atoms with Gasteiger partial charge in [-0.1, -0.05) is 36.4 Å². The lowest BCUT2D eigenvalue weighted by atomic mass is 9.79. The number of fused-ring (bicyclic) bond motifs is 1. The minimum Gasteiger partial charge on any atom is -0.389 e. The van der Waals surface area contributed by atoms with Crippen molar-refractivity contribution in [3.63, 3.8) is 0 Å². The van der Waals surface area contributed by atoms with Crippen molar-refractivity contribution in [3.8, 4) is 0 Å². The molecule has 1 fully saturated rings. The molecule has 0 radical (unpaired) electrons. The maximum atomic E-state index is 13.1. The first-order valence-corrected chi connectivity index (χ1v) is 8.81. The number of nitrogens with one attached hydrogen (secondary N) is 2. The molecule has 0 unspecified atom stereocenters. The summed E-state index contributed by atoms with van der Waals surface area (Å²) in [5, 5.41) is 21.4. The summed E-state index contributed by atoms with van der Waals surface area (Å²) in [7, 11) is 0. The first-order chi connectivity index (χ1) is 12.6. The number of hydrogen-bond donors (Lipinski definition) is 3. The van der Waals surface area contributed by atoms with Gasteiger partial charge in [-0.2, -0.15) is 5.10 Å². The van der Waals surface area contributed by atoms with Crippen LogP contribution >= 0.6 is 12.4 Å². The van der Waals surface area contributed by atoms with Gasteiger partial charge >= 0.3 is 0 Å². The topological polar surface area (TPSA) is 78.7 Å². The minimum absolute atomic E-state index is 0. The Balaban J connectivity index is 0.00000210. The Morgan fingerprint density at radius 1 is 1.30 bits per heavy atom. The van der Waals surface area contributed by atoms with Crippen LogP contribution in [0.5, 0.6) is 0 Å². The van der Waals surface area contributed by atoms with Crippen LogP contribution in [0, 0.1) is 6.92 Å². The van der Waals surface area contributed by atoms with Gasteiger partial charge in [-0.05, 0) is 37.1 Å². The number of aliphatic hydroxyl groups excluding tert-OH is 1. The van der Waals surface area contributed by atoms with Crippen LogP contribution in [0.15, 0.2) is 54.9 Å². The number of carbonyl (C=O) groups excluding carboxylic acids is 1. The van der Waals surface area contributed by atoms with Crippen molar-refractivity contribution in [1.82, 2.24) is 20.2 Å². The van der Waals surface area contributed by atoms with E-state index in [1.54, 1.807) is 10.7 Å². The third kappa shape index (κ3) is 3.43. The second kappa shape index (κ2) is 7.68. The fourth-order valence-electron chi connectivity index (χ4n) is 3.69. The molecule has 4 rings (SSSR count). The molecule has 0 bridgehead atoms. The van der Waals surface area contributed by atoms with Crippen LogP contribution in [0.1, 0.15) is 27.9 Å². The second-order valence-corrected chi connectivity index (χ2v) is 6.86. The first-order valence-electron chi connectivity index (χ1n) is 8.81. The van der Waals surface area contributed by atoms with E-state index < -0.39 is 11.6 Å². The van der Waals surface area contributed by atoms with Crippen molar-refractivity contribution in [2.75, 3.05) is 13.1 Å². The third-order valence-corrected chi connectivity index (χ3v) is 5.14. The predicted octanol–water partition coefficient (Wildman–Crippen LogP) is 2.04. The molecule has 1 amide bonds. The molecule has 3 aromatic rings. The van der Waals surface area contributed by atoms with Crippen molar-refractivity contribution in [2.45, 2.75) is 25.0 Å². The van der Waals surface area contributed by atoms with E-state index in [9.17, 15) is 9.90 Å². The van der Waals surface area contributed by atoms with Gasteiger partial charge in [-0.25, -0.2) is 4.52 Å². The molecular formula is C20H23ClN4O2. The molecule has 2 aromatic heterocycles. The normalized spacial score (nSPS) is 22.2. The number of hydrogen-bond acceptors (Lipinski definition) is 4. The van der Waals surface area contributed by atoms with E-state index in [0.717, 1.165) is 23.2 Å². The number of nitrogens with zero attached hydrogens (tertiary/aromatic N) is 2. The number of rotatable bonds is 3. The van der Waals surface area contributed by atoms with Gasteiger partial charge in [-0.3, -0.25) is 4.79 Å². The predicted molar refractivity (Wildman–Crippen MR) is 106 cm³/mol. The zero-order valence-corrected chi connectivity index (χ0v) is 15.9. The Bertz CT molecular complexity index is 944. The number of β-amino-alcohol motifs (C(OH)–C–C–N with tert-alkyl or cyclic N) is 1. The largest absolute Gasteiger partial charge is 0.389 e. The number of piperidine rings is 1. The summed E-state index contributed by atoms with van der Waals surface area (Å²) < 4.78 is 1.71. The van der Waals surface area contributed by atoms with Crippen LogP contribution in [-0.4, -0.2) is 39.8 Å². The van der Waals surface area contributed by atoms with Gasteiger partial charge in [-0.15, -0.1) is 12.4 Å². The molecule has 1 saturated heterocycles. The molecule has 2 atom stereocenters. The molecule has 0 saturated carbocycles. The van der Waals surface area contributed by atoms with E-state index in [-0.39, 0.29) is 18.3 Å². The van der Waals surface area contributed by atoms with Gasteiger partial charge < -0.3 is 15.7 Å². The van der Waals surface area contributed by atoms with Gasteiger partial charge in [0.15, 0.2) is 0 Å². The summed E-state index contributed by atoms with van der Waals surface area (Å²) in [6.45, 7) is 3.14. The first kappa shape index (κ1) is 19.4. The molecule has 27 heavy (non-hydrogen) atoms. The lowest BCUT2D eigenvalue weighted by Crippen LogP contribution is -2.61. The Hall–Kier alpha value is -2.41. The number of benzene rings is 1. The monoisotopic (exact) mass is 386 g/mol. The molecule has 0 aliphatic carbocycles. The van der Waals surface area contributed by atoms with E-state index in [2.05, 4.69) is 15.7 Å². The molecule has 0 spiro atoms. The molecule has 142 valence electrons. The molecular weight excluding hydrogens is 364 g/mol. The summed E-state index contributed by atoms with van der Waals surface area (Å²) in [6.07, 6.45) is 3.36. The van der Waals surface area contributed by atoms with Crippen molar-refractivity contribution in [2.24, 2.45) is 0 Å². The second-order valence-electron chi connectivity index (χ2n) is 6.86. The lowest BCUT2D eigenvalue weighted by Gasteiger charge is -2.42. The lowest BCUT2D eigenvalue weighted by molar-refractivity contribution is 0.0290. The van der Waals surface area contributed by atoms with Gasteiger partial charge in [0.25, 0.3) is 5.91 Å². The molecule has 6 nitrogen and oxygen atoms in total. The maximum Gasteiger partial charge on any atom is 0.255 e.